The summed E-state index contributed by atoms with van der Waals surface area (Å²) < 4.78 is 42.8. The van der Waals surface area contributed by atoms with Crippen molar-refractivity contribution in [3.05, 3.63) is 35.6 Å². The lowest BCUT2D eigenvalue weighted by atomic mass is 9.91. The topological polar surface area (TPSA) is 95.6 Å². The first-order chi connectivity index (χ1) is 16.6. The number of hydrogen-bond donors (Lipinski definition) is 2. The van der Waals surface area contributed by atoms with Crippen LogP contribution in [0.4, 0.5) is 13.2 Å². The Hall–Kier alpha value is -2.91. The fraction of sp³-hybridized carbons (Fsp3) is 0.600. The largest absolute Gasteiger partial charge is 0.356 e. The van der Waals surface area contributed by atoms with Crippen molar-refractivity contribution in [3.63, 3.8) is 0 Å². The molecule has 35 heavy (non-hydrogen) atoms. The van der Waals surface area contributed by atoms with Crippen LogP contribution in [0.15, 0.2) is 24.3 Å². The minimum Gasteiger partial charge on any atom is -0.356 e. The lowest BCUT2D eigenvalue weighted by Crippen LogP contribution is -2.55. The molecule has 0 radical (unpaired) electrons. The third kappa shape index (κ3) is 4.92. The summed E-state index contributed by atoms with van der Waals surface area (Å²) in [6.07, 6.45) is 2.71. The minimum absolute atomic E-state index is 0.00561. The van der Waals surface area contributed by atoms with Crippen LogP contribution in [-0.4, -0.2) is 60.3 Å². The highest BCUT2D eigenvalue weighted by Crippen LogP contribution is 2.44. The number of nitrogens with zero attached hydrogens (tertiary/aromatic N) is 1. The van der Waals surface area contributed by atoms with Crippen molar-refractivity contribution in [1.29, 1.82) is 0 Å². The molecule has 2 N–H and O–H groups in total. The molecule has 2 heterocycles. The van der Waals surface area contributed by atoms with Crippen molar-refractivity contribution in [2.75, 3.05) is 19.8 Å². The molecular formula is C25H30F3N3O4. The number of halogens is 3. The molecule has 2 saturated heterocycles. The third-order valence-electron chi connectivity index (χ3n) is 7.71. The number of carbonyl (C=O) groups is 4. The van der Waals surface area contributed by atoms with Crippen LogP contribution in [0.2, 0.25) is 0 Å². The maximum Gasteiger partial charge on any atom is 0.265 e. The number of hydrogen-bond acceptors (Lipinski definition) is 4. The van der Waals surface area contributed by atoms with Gasteiger partial charge < -0.3 is 15.5 Å². The van der Waals surface area contributed by atoms with E-state index < -0.39 is 53.8 Å². The van der Waals surface area contributed by atoms with Gasteiger partial charge in [-0.2, -0.15) is 0 Å². The highest BCUT2D eigenvalue weighted by Gasteiger charge is 2.53. The second-order valence-electron chi connectivity index (χ2n) is 9.94. The number of alkyl halides is 2. The molecule has 2 aliphatic heterocycles. The molecular weight excluding hydrogens is 463 g/mol. The van der Waals surface area contributed by atoms with Crippen molar-refractivity contribution >= 4 is 23.5 Å². The summed E-state index contributed by atoms with van der Waals surface area (Å²) in [4.78, 5) is 52.3. The van der Waals surface area contributed by atoms with Gasteiger partial charge in [0.2, 0.25) is 17.5 Å². The summed E-state index contributed by atoms with van der Waals surface area (Å²) >= 11 is 0. The van der Waals surface area contributed by atoms with E-state index in [0.29, 0.717) is 19.4 Å². The van der Waals surface area contributed by atoms with Crippen LogP contribution in [0, 0.1) is 23.6 Å². The van der Waals surface area contributed by atoms with E-state index in [4.69, 9.17) is 0 Å². The third-order valence-corrected chi connectivity index (χ3v) is 7.71. The number of ketones is 1. The van der Waals surface area contributed by atoms with Crippen molar-refractivity contribution in [2.45, 2.75) is 56.8 Å². The summed E-state index contributed by atoms with van der Waals surface area (Å²) in [6.45, 7) is 0.350. The summed E-state index contributed by atoms with van der Waals surface area (Å²) in [6, 6.07) is 2.46. The van der Waals surface area contributed by atoms with E-state index in [2.05, 4.69) is 10.6 Å². The first-order valence-electron chi connectivity index (χ1n) is 12.1. The summed E-state index contributed by atoms with van der Waals surface area (Å²) in [5.74, 6) is -4.17. The fourth-order valence-corrected chi connectivity index (χ4v) is 5.80. The Kier molecular flexibility index (Phi) is 7.19. The first kappa shape index (κ1) is 25.2. The molecule has 6 atom stereocenters. The van der Waals surface area contributed by atoms with E-state index in [-0.39, 0.29) is 36.3 Å². The van der Waals surface area contributed by atoms with Gasteiger partial charge in [0.1, 0.15) is 18.5 Å². The van der Waals surface area contributed by atoms with Crippen LogP contribution >= 0.6 is 0 Å². The zero-order valence-corrected chi connectivity index (χ0v) is 19.6. The Morgan fingerprint density at radius 2 is 2.03 bits per heavy atom. The van der Waals surface area contributed by atoms with E-state index >= 15 is 4.39 Å². The quantitative estimate of drug-likeness (QED) is 0.581. The average molecular weight is 494 g/mol. The van der Waals surface area contributed by atoms with Crippen LogP contribution in [0.5, 0.6) is 0 Å². The van der Waals surface area contributed by atoms with Gasteiger partial charge in [0.05, 0.1) is 6.04 Å². The predicted molar refractivity (Wildman–Crippen MR) is 120 cm³/mol. The summed E-state index contributed by atoms with van der Waals surface area (Å²) in [5.41, 5.74) is -2.73. The highest BCUT2D eigenvalue weighted by atomic mass is 19.1. The lowest BCUT2D eigenvalue weighted by Gasteiger charge is -2.33. The Labute approximate surface area is 201 Å². The van der Waals surface area contributed by atoms with Crippen LogP contribution in [0.1, 0.15) is 44.6 Å². The van der Waals surface area contributed by atoms with Gasteiger partial charge in [0, 0.05) is 24.6 Å². The SMILES string of the molecule is C[C@](F)(C(=O)N1C[C@H]2CCC[C@H]2[C@H]1C(=O)N[C@@H](C[C@H]1CCNC1=O)C(=O)CF)c1cccc(F)c1. The molecule has 3 amide bonds. The molecule has 3 fully saturated rings. The number of amides is 3. The Bertz CT molecular complexity index is 1020. The number of likely N-dealkylation sites (tertiary alicyclic amines) is 1. The number of Topliss-reactive ketones (excluding diaryl/α,β-unsaturated/α-hetero) is 1. The van der Waals surface area contributed by atoms with Crippen molar-refractivity contribution in [1.82, 2.24) is 15.5 Å². The van der Waals surface area contributed by atoms with E-state index in [9.17, 15) is 28.0 Å². The molecule has 1 aliphatic carbocycles. The maximum atomic E-state index is 15.8. The van der Waals surface area contributed by atoms with Crippen LogP contribution in [0.3, 0.4) is 0 Å². The molecule has 4 rings (SSSR count). The molecule has 0 bridgehead atoms. The molecule has 0 spiro atoms. The van der Waals surface area contributed by atoms with Crippen LogP contribution < -0.4 is 10.6 Å². The van der Waals surface area contributed by atoms with Crippen LogP contribution in [-0.2, 0) is 24.8 Å². The van der Waals surface area contributed by atoms with Crippen LogP contribution in [0.25, 0.3) is 0 Å². The lowest BCUT2D eigenvalue weighted by molar-refractivity contribution is -0.149. The maximum absolute atomic E-state index is 15.8. The number of rotatable bonds is 8. The van der Waals surface area contributed by atoms with E-state index in [0.717, 1.165) is 31.9 Å². The molecule has 7 nitrogen and oxygen atoms in total. The molecule has 3 aliphatic rings. The zero-order valence-electron chi connectivity index (χ0n) is 19.6. The van der Waals surface area contributed by atoms with E-state index in [1.165, 1.54) is 17.0 Å². The van der Waals surface area contributed by atoms with E-state index in [1.807, 2.05) is 0 Å². The fourth-order valence-electron chi connectivity index (χ4n) is 5.80. The number of nitrogens with one attached hydrogen (secondary N) is 2. The van der Waals surface area contributed by atoms with Gasteiger partial charge in [-0.3, -0.25) is 19.2 Å². The molecule has 1 saturated carbocycles. The van der Waals surface area contributed by atoms with Crippen molar-refractivity contribution < 1.29 is 32.3 Å². The Morgan fingerprint density at radius 3 is 2.69 bits per heavy atom. The molecule has 0 unspecified atom stereocenters. The van der Waals surface area contributed by atoms with Crippen molar-refractivity contribution in [2.24, 2.45) is 17.8 Å². The number of fused-ring (bicyclic) bond motifs is 1. The Balaban J connectivity index is 1.57. The van der Waals surface area contributed by atoms with Gasteiger partial charge in [-0.15, -0.1) is 0 Å². The second kappa shape index (κ2) is 9.99. The van der Waals surface area contributed by atoms with Gasteiger partial charge in [-0.1, -0.05) is 18.6 Å². The zero-order chi connectivity index (χ0) is 25.3. The van der Waals surface area contributed by atoms with Gasteiger partial charge in [-0.05, 0) is 56.6 Å². The normalized spacial score (nSPS) is 28.2. The monoisotopic (exact) mass is 493 g/mol. The molecule has 10 heteroatoms. The van der Waals surface area contributed by atoms with Crippen molar-refractivity contribution in [3.8, 4) is 0 Å². The second-order valence-corrected chi connectivity index (χ2v) is 9.94. The smallest absolute Gasteiger partial charge is 0.265 e. The standard InChI is InChI=1S/C25H30F3N3O4/c1-25(28,16-5-3-6-17(27)11-16)24(35)31-13-15-4-2-7-18(15)21(31)23(34)30-19(20(32)12-26)10-14-8-9-29-22(14)33/h3,5-6,11,14-15,18-19,21H,2,4,7-10,12-13H2,1H3,(H,29,33)(H,30,34)/t14-,15-,18-,19+,21+,25-/m1/s1. The van der Waals surface area contributed by atoms with Gasteiger partial charge in [-0.25, -0.2) is 13.2 Å². The number of benzene rings is 1. The summed E-state index contributed by atoms with van der Waals surface area (Å²) in [5, 5.41) is 5.22. The number of carbonyl (C=O) groups excluding carboxylic acids is 4. The predicted octanol–water partition coefficient (Wildman–Crippen LogP) is 2.19. The van der Waals surface area contributed by atoms with Gasteiger partial charge in [0.15, 0.2) is 5.78 Å². The van der Waals surface area contributed by atoms with E-state index in [1.54, 1.807) is 0 Å². The Morgan fingerprint density at radius 1 is 1.26 bits per heavy atom. The van der Waals surface area contributed by atoms with Gasteiger partial charge >= 0.3 is 0 Å². The molecule has 1 aromatic carbocycles. The molecule has 0 aromatic heterocycles. The van der Waals surface area contributed by atoms with Gasteiger partial charge in [0.25, 0.3) is 5.91 Å². The average Bonchev–Trinajstić information content (AvgIpc) is 3.53. The summed E-state index contributed by atoms with van der Waals surface area (Å²) in [7, 11) is 0. The molecule has 190 valence electrons. The first-order valence-corrected chi connectivity index (χ1v) is 12.1. The molecule has 1 aromatic rings. The highest BCUT2D eigenvalue weighted by molar-refractivity contribution is 5.96. The minimum atomic E-state index is -2.57.